The van der Waals surface area contributed by atoms with E-state index >= 15 is 0 Å². The van der Waals surface area contributed by atoms with Gasteiger partial charge in [0.25, 0.3) is 0 Å². The van der Waals surface area contributed by atoms with E-state index in [1.54, 1.807) is 4.31 Å². The van der Waals surface area contributed by atoms with Crippen LogP contribution in [0.4, 0.5) is 16.4 Å². The van der Waals surface area contributed by atoms with Gasteiger partial charge in [0.2, 0.25) is 16.0 Å². The smallest absolute Gasteiger partial charge is 0.319 e. The van der Waals surface area contributed by atoms with Crippen molar-refractivity contribution in [3.05, 3.63) is 35.5 Å². The lowest BCUT2D eigenvalue weighted by atomic mass is 10.1. The lowest BCUT2D eigenvalue weighted by Gasteiger charge is -2.33. The third kappa shape index (κ3) is 4.60. The predicted octanol–water partition coefficient (Wildman–Crippen LogP) is 2.46. The SMILES string of the molecule is CC1COCCN1c1nc2c(c(-c3ccc(NC(=O)NC4CC4)cc3)n1)CN(S(=O)(=O)C1CC1)C2. The van der Waals surface area contributed by atoms with Crippen molar-refractivity contribution < 1.29 is 17.9 Å². The summed E-state index contributed by atoms with van der Waals surface area (Å²) in [6.07, 6.45) is 3.52. The number of ether oxygens (including phenoxy) is 1. The Kier molecular flexibility index (Phi) is 5.65. The summed E-state index contributed by atoms with van der Waals surface area (Å²) in [7, 11) is -3.33. The number of amides is 2. The Balaban J connectivity index is 1.32. The van der Waals surface area contributed by atoms with E-state index in [2.05, 4.69) is 22.5 Å². The van der Waals surface area contributed by atoms with E-state index < -0.39 is 10.0 Å². The van der Waals surface area contributed by atoms with E-state index in [9.17, 15) is 13.2 Å². The first kappa shape index (κ1) is 22.7. The molecule has 1 atom stereocenters. The molecule has 6 rings (SSSR count). The van der Waals surface area contributed by atoms with Gasteiger partial charge in [-0.2, -0.15) is 4.31 Å². The molecule has 11 heteroatoms. The molecule has 0 bridgehead atoms. The normalized spacial score (nSPS) is 22.7. The van der Waals surface area contributed by atoms with Crippen LogP contribution in [0.25, 0.3) is 11.3 Å². The minimum atomic E-state index is -3.33. The van der Waals surface area contributed by atoms with Gasteiger partial charge in [-0.3, -0.25) is 0 Å². The number of nitrogens with one attached hydrogen (secondary N) is 2. The first-order chi connectivity index (χ1) is 16.9. The maximum atomic E-state index is 13.0. The van der Waals surface area contributed by atoms with E-state index in [-0.39, 0.29) is 36.5 Å². The van der Waals surface area contributed by atoms with Crippen molar-refractivity contribution in [1.82, 2.24) is 19.6 Å². The van der Waals surface area contributed by atoms with Crippen molar-refractivity contribution in [3.63, 3.8) is 0 Å². The quantitative estimate of drug-likeness (QED) is 0.628. The highest BCUT2D eigenvalue weighted by Crippen LogP contribution is 2.38. The molecule has 2 N–H and O–H groups in total. The van der Waals surface area contributed by atoms with Crippen LogP contribution in [-0.4, -0.2) is 65.8 Å². The number of carbonyl (C=O) groups excluding carboxylic acids is 1. The van der Waals surface area contributed by atoms with Crippen LogP contribution < -0.4 is 15.5 Å². The highest BCUT2D eigenvalue weighted by Gasteiger charge is 2.43. The number of rotatable bonds is 6. The zero-order valence-corrected chi connectivity index (χ0v) is 20.6. The molecule has 2 aromatic rings. The Morgan fingerprint density at radius 3 is 2.54 bits per heavy atom. The number of anilines is 2. The van der Waals surface area contributed by atoms with E-state index in [0.29, 0.717) is 31.4 Å². The zero-order valence-electron chi connectivity index (χ0n) is 19.7. The Morgan fingerprint density at radius 2 is 1.86 bits per heavy atom. The van der Waals surface area contributed by atoms with Crippen molar-refractivity contribution in [3.8, 4) is 11.3 Å². The van der Waals surface area contributed by atoms with Gasteiger partial charge in [-0.15, -0.1) is 0 Å². The van der Waals surface area contributed by atoms with Gasteiger partial charge in [-0.05, 0) is 44.7 Å². The van der Waals surface area contributed by atoms with Crippen molar-refractivity contribution in [2.45, 2.75) is 63.0 Å². The molecular formula is C24H30N6O4S. The molecule has 0 radical (unpaired) electrons. The molecule has 1 aromatic carbocycles. The average molecular weight is 499 g/mol. The number of morpholine rings is 1. The number of aromatic nitrogens is 2. The van der Waals surface area contributed by atoms with Crippen LogP contribution in [0.1, 0.15) is 43.9 Å². The topological polar surface area (TPSA) is 117 Å². The Hall–Kier alpha value is -2.76. The second kappa shape index (κ2) is 8.72. The summed E-state index contributed by atoms with van der Waals surface area (Å²) in [5.74, 6) is 0.603. The Bertz CT molecular complexity index is 1240. The van der Waals surface area contributed by atoms with E-state index in [1.165, 1.54) is 0 Å². The molecule has 2 saturated carbocycles. The first-order valence-corrected chi connectivity index (χ1v) is 13.8. The molecule has 4 aliphatic rings. The Morgan fingerprint density at radius 1 is 1.09 bits per heavy atom. The fourth-order valence-corrected chi connectivity index (χ4v) is 6.42. The molecule has 1 aromatic heterocycles. The van der Waals surface area contributed by atoms with Gasteiger partial charge in [0.1, 0.15) is 0 Å². The van der Waals surface area contributed by atoms with Gasteiger partial charge >= 0.3 is 6.03 Å². The minimum absolute atomic E-state index is 0.124. The van der Waals surface area contributed by atoms with Crippen molar-refractivity contribution >= 4 is 27.7 Å². The second-order valence-corrected chi connectivity index (χ2v) is 12.1. The van der Waals surface area contributed by atoms with Crippen LogP contribution in [0.2, 0.25) is 0 Å². The predicted molar refractivity (Wildman–Crippen MR) is 131 cm³/mol. The number of hydrogen-bond donors (Lipinski definition) is 2. The van der Waals surface area contributed by atoms with Crippen molar-refractivity contribution in [2.24, 2.45) is 0 Å². The molecule has 186 valence electrons. The fraction of sp³-hybridized carbons (Fsp3) is 0.542. The average Bonchev–Trinajstić information content (AvgIpc) is 3.77. The number of sulfonamides is 1. The van der Waals surface area contributed by atoms with Crippen molar-refractivity contribution in [1.29, 1.82) is 0 Å². The maximum absolute atomic E-state index is 13.0. The van der Waals surface area contributed by atoms with Crippen LogP contribution >= 0.6 is 0 Å². The lowest BCUT2D eigenvalue weighted by Crippen LogP contribution is -2.44. The number of carbonyl (C=O) groups is 1. The van der Waals surface area contributed by atoms with Gasteiger partial charge in [0, 0.05) is 35.9 Å². The summed E-state index contributed by atoms with van der Waals surface area (Å²) in [5, 5.41) is 5.52. The highest BCUT2D eigenvalue weighted by atomic mass is 32.2. The Labute approximate surface area is 205 Å². The maximum Gasteiger partial charge on any atom is 0.319 e. The van der Waals surface area contributed by atoms with Crippen LogP contribution in [0, 0.1) is 0 Å². The van der Waals surface area contributed by atoms with Crippen LogP contribution in [-0.2, 0) is 27.8 Å². The number of fused-ring (bicyclic) bond motifs is 1. The highest BCUT2D eigenvalue weighted by molar-refractivity contribution is 7.90. The number of nitrogens with zero attached hydrogens (tertiary/aromatic N) is 4. The summed E-state index contributed by atoms with van der Waals surface area (Å²) in [6.45, 7) is 4.52. The van der Waals surface area contributed by atoms with Crippen LogP contribution in [0.3, 0.4) is 0 Å². The molecule has 0 spiro atoms. The molecule has 10 nitrogen and oxygen atoms in total. The molecule has 2 aliphatic heterocycles. The molecule has 2 amide bonds. The first-order valence-electron chi connectivity index (χ1n) is 12.3. The molecule has 1 saturated heterocycles. The van der Waals surface area contributed by atoms with E-state index in [0.717, 1.165) is 48.2 Å². The zero-order chi connectivity index (χ0) is 24.2. The fourth-order valence-electron chi connectivity index (χ4n) is 4.65. The van der Waals surface area contributed by atoms with Crippen molar-refractivity contribution in [2.75, 3.05) is 30.0 Å². The number of benzene rings is 1. The van der Waals surface area contributed by atoms with E-state index in [1.807, 2.05) is 24.3 Å². The summed E-state index contributed by atoms with van der Waals surface area (Å²) >= 11 is 0. The largest absolute Gasteiger partial charge is 0.377 e. The van der Waals surface area contributed by atoms with Gasteiger partial charge in [0.05, 0.1) is 42.4 Å². The number of urea groups is 1. The number of hydrogen-bond acceptors (Lipinski definition) is 7. The molecule has 35 heavy (non-hydrogen) atoms. The molecule has 1 unspecified atom stereocenters. The van der Waals surface area contributed by atoms with Crippen LogP contribution in [0.15, 0.2) is 24.3 Å². The van der Waals surface area contributed by atoms with Gasteiger partial charge in [-0.25, -0.2) is 23.2 Å². The standard InChI is InChI=1S/C24H30N6O4S/c1-15-14-34-11-10-30(15)23-27-21-13-29(35(32,33)19-8-9-19)12-20(21)22(28-23)16-2-4-17(5-3-16)25-24(31)26-18-6-7-18/h2-5,15,18-19H,6-14H2,1H3,(H2,25,26,31). The molecule has 2 aliphatic carbocycles. The third-order valence-corrected chi connectivity index (χ3v) is 9.29. The van der Waals surface area contributed by atoms with E-state index in [4.69, 9.17) is 14.7 Å². The minimum Gasteiger partial charge on any atom is -0.377 e. The van der Waals surface area contributed by atoms with Gasteiger partial charge < -0.3 is 20.3 Å². The second-order valence-electron chi connectivity index (χ2n) is 9.88. The van der Waals surface area contributed by atoms with Gasteiger partial charge in [0.15, 0.2) is 0 Å². The summed E-state index contributed by atoms with van der Waals surface area (Å²) in [4.78, 5) is 24.0. The summed E-state index contributed by atoms with van der Waals surface area (Å²) in [6, 6.07) is 7.74. The monoisotopic (exact) mass is 498 g/mol. The van der Waals surface area contributed by atoms with Crippen LogP contribution in [0.5, 0.6) is 0 Å². The van der Waals surface area contributed by atoms with Gasteiger partial charge in [-0.1, -0.05) is 12.1 Å². The lowest BCUT2D eigenvalue weighted by molar-refractivity contribution is 0.0981. The molecular weight excluding hydrogens is 468 g/mol. The third-order valence-electron chi connectivity index (χ3n) is 7.00. The summed E-state index contributed by atoms with van der Waals surface area (Å²) in [5.41, 5.74) is 3.92. The molecule has 3 heterocycles. The molecule has 3 fully saturated rings. The summed E-state index contributed by atoms with van der Waals surface area (Å²) < 4.78 is 33.1.